The fourth-order valence-electron chi connectivity index (χ4n) is 5.49. The van der Waals surface area contributed by atoms with Crippen LogP contribution in [0.3, 0.4) is 0 Å². The molecule has 166 valence electrons. The average molecular weight is 451 g/mol. The summed E-state index contributed by atoms with van der Waals surface area (Å²) >= 11 is 1.49. The van der Waals surface area contributed by atoms with Crippen LogP contribution in [0, 0.1) is 0 Å². The average Bonchev–Trinajstić information content (AvgIpc) is 3.32. The van der Waals surface area contributed by atoms with E-state index in [1.54, 1.807) is 0 Å². The second-order valence-corrected chi connectivity index (χ2v) is 10.9. The summed E-state index contributed by atoms with van der Waals surface area (Å²) in [4.78, 5) is 31.5. The summed E-state index contributed by atoms with van der Waals surface area (Å²) < 4.78 is 9.68. The highest BCUT2D eigenvalue weighted by Gasteiger charge is 2.37. The van der Waals surface area contributed by atoms with Gasteiger partial charge in [-0.25, -0.2) is 4.99 Å². The van der Waals surface area contributed by atoms with Gasteiger partial charge in [0, 0.05) is 18.7 Å². The number of hydrogen-bond donors (Lipinski definition) is 1. The van der Waals surface area contributed by atoms with Gasteiger partial charge in [0.1, 0.15) is 0 Å². The van der Waals surface area contributed by atoms with Crippen LogP contribution in [0.1, 0.15) is 61.6 Å². The lowest BCUT2D eigenvalue weighted by atomic mass is 9.94. The quantitative estimate of drug-likeness (QED) is 0.638. The van der Waals surface area contributed by atoms with E-state index in [-0.39, 0.29) is 28.0 Å². The van der Waals surface area contributed by atoms with Crippen molar-refractivity contribution in [3.8, 4) is 0 Å². The molecule has 2 aromatic heterocycles. The largest absolute Gasteiger partial charge is 0.375 e. The molecule has 1 saturated heterocycles. The third-order valence-corrected chi connectivity index (χ3v) is 8.05. The number of aryl methyl sites for hydroxylation is 2. The predicted molar refractivity (Wildman–Crippen MR) is 127 cm³/mol. The van der Waals surface area contributed by atoms with Gasteiger partial charge in [-0.3, -0.25) is 19.4 Å². The lowest BCUT2D eigenvalue weighted by molar-refractivity contribution is -0.0705. The molecule has 8 heteroatoms. The predicted octanol–water partition coefficient (Wildman–Crippen LogP) is 4.06. The number of nitrogens with zero attached hydrogens (tertiary/aromatic N) is 3. The lowest BCUT2D eigenvalue weighted by Gasteiger charge is -2.36. The molecule has 0 radical (unpaired) electrons. The van der Waals surface area contributed by atoms with E-state index >= 15 is 0 Å². The molecule has 3 aliphatic heterocycles. The molecule has 32 heavy (non-hydrogen) atoms. The van der Waals surface area contributed by atoms with Crippen molar-refractivity contribution < 1.29 is 4.74 Å². The zero-order valence-electron chi connectivity index (χ0n) is 18.5. The summed E-state index contributed by atoms with van der Waals surface area (Å²) in [6.45, 7) is 7.44. The Balaban J connectivity index is 1.52. The second-order valence-electron chi connectivity index (χ2n) is 9.59. The standard InChI is InChI=1S/C24H26N4O3S/c1-13-25-21-18(22(29)26-28(21)16-8-10-31-24(2,3)12-16)20(32-13)17-11-15-6-4-5-14-7-9-27(19(14)15)23(17)30/h4-6,11,16,20H,7-10,12H2,1-3H3,(H,26,29)/t16-,20+/m0/s1. The monoisotopic (exact) mass is 450 g/mol. The Kier molecular flexibility index (Phi) is 4.36. The maximum absolute atomic E-state index is 13.5. The van der Waals surface area contributed by atoms with Crippen LogP contribution in [0.4, 0.5) is 5.82 Å². The summed E-state index contributed by atoms with van der Waals surface area (Å²) in [5, 5.41) is 4.60. The molecule has 3 aromatic rings. The minimum Gasteiger partial charge on any atom is -0.375 e. The van der Waals surface area contributed by atoms with Gasteiger partial charge in [0.15, 0.2) is 5.82 Å². The maximum atomic E-state index is 13.5. The molecule has 1 aromatic carbocycles. The van der Waals surface area contributed by atoms with Crippen LogP contribution in [0.5, 0.6) is 0 Å². The van der Waals surface area contributed by atoms with Crippen LogP contribution in [0.15, 0.2) is 38.8 Å². The number of para-hydroxylation sites is 1. The molecule has 1 N–H and O–H groups in total. The highest BCUT2D eigenvalue weighted by molar-refractivity contribution is 8.14. The smallest absolute Gasteiger partial charge is 0.271 e. The summed E-state index contributed by atoms with van der Waals surface area (Å²) in [5.74, 6) is 0.661. The van der Waals surface area contributed by atoms with E-state index in [9.17, 15) is 9.59 Å². The molecule has 3 aliphatic rings. The number of aromatic amines is 1. The van der Waals surface area contributed by atoms with Crippen LogP contribution < -0.4 is 11.1 Å². The number of rotatable bonds is 2. The van der Waals surface area contributed by atoms with Gasteiger partial charge in [-0.05, 0) is 57.0 Å². The number of benzene rings is 1. The molecule has 0 saturated carbocycles. The molecule has 5 heterocycles. The number of aliphatic imine (C=N–C) groups is 1. The first-order chi connectivity index (χ1) is 15.3. The number of H-pyrrole nitrogens is 1. The van der Waals surface area contributed by atoms with Gasteiger partial charge < -0.3 is 9.30 Å². The number of hydrogen-bond acceptors (Lipinski definition) is 5. The van der Waals surface area contributed by atoms with Crippen molar-refractivity contribution in [3.63, 3.8) is 0 Å². The highest BCUT2D eigenvalue weighted by atomic mass is 32.2. The summed E-state index contributed by atoms with van der Waals surface area (Å²) in [6.07, 6.45) is 2.48. The molecular weight excluding hydrogens is 424 g/mol. The van der Waals surface area contributed by atoms with E-state index in [4.69, 9.17) is 9.73 Å². The van der Waals surface area contributed by atoms with Crippen molar-refractivity contribution in [2.45, 2.75) is 63.5 Å². The van der Waals surface area contributed by atoms with Crippen LogP contribution in [-0.2, 0) is 17.7 Å². The van der Waals surface area contributed by atoms with Crippen molar-refractivity contribution in [2.75, 3.05) is 6.61 Å². The molecule has 0 amide bonds. The molecule has 2 atom stereocenters. The maximum Gasteiger partial charge on any atom is 0.271 e. The Morgan fingerprint density at radius 3 is 2.94 bits per heavy atom. The van der Waals surface area contributed by atoms with Gasteiger partial charge in [0.25, 0.3) is 11.1 Å². The minimum atomic E-state index is -0.370. The highest BCUT2D eigenvalue weighted by Crippen LogP contribution is 2.45. The zero-order chi connectivity index (χ0) is 22.2. The van der Waals surface area contributed by atoms with Gasteiger partial charge in [-0.2, -0.15) is 0 Å². The molecule has 0 unspecified atom stereocenters. The SMILES string of the molecule is CC1=Nc2c(c(=O)[nH]n2[C@H]2CCOC(C)(C)C2)[C@@H](c2cc3cccc4c3n(c2=O)CC4)S1. The molecule has 0 bridgehead atoms. The number of fused-ring (bicyclic) bond motifs is 1. The Morgan fingerprint density at radius 2 is 2.12 bits per heavy atom. The fraction of sp³-hybridized carbons (Fsp3) is 0.458. The second kappa shape index (κ2) is 6.96. The van der Waals surface area contributed by atoms with E-state index in [0.29, 0.717) is 30.1 Å². The van der Waals surface area contributed by atoms with E-state index in [1.165, 1.54) is 17.3 Å². The summed E-state index contributed by atoms with van der Waals surface area (Å²) in [7, 11) is 0. The first-order valence-electron chi connectivity index (χ1n) is 11.2. The van der Waals surface area contributed by atoms with E-state index < -0.39 is 0 Å². The van der Waals surface area contributed by atoms with Gasteiger partial charge in [0.05, 0.1) is 33.0 Å². The van der Waals surface area contributed by atoms with Crippen molar-refractivity contribution in [2.24, 2.45) is 4.99 Å². The van der Waals surface area contributed by atoms with E-state index in [2.05, 4.69) is 31.1 Å². The molecule has 7 nitrogen and oxygen atoms in total. The van der Waals surface area contributed by atoms with Gasteiger partial charge in [0.2, 0.25) is 0 Å². The third-order valence-electron chi connectivity index (χ3n) is 6.90. The van der Waals surface area contributed by atoms with Gasteiger partial charge in [-0.15, -0.1) is 0 Å². The Morgan fingerprint density at radius 1 is 1.28 bits per heavy atom. The molecule has 6 rings (SSSR count). The molecule has 0 spiro atoms. The Bertz CT molecular complexity index is 1410. The van der Waals surface area contributed by atoms with E-state index in [0.717, 1.165) is 35.2 Å². The molecular formula is C24H26N4O3S. The third kappa shape index (κ3) is 2.96. The van der Waals surface area contributed by atoms with Crippen LogP contribution in [0.25, 0.3) is 10.9 Å². The molecule has 1 fully saturated rings. The summed E-state index contributed by atoms with van der Waals surface area (Å²) in [6, 6.07) is 8.28. The van der Waals surface area contributed by atoms with Crippen LogP contribution in [-0.4, -0.2) is 31.6 Å². The first-order valence-corrected chi connectivity index (χ1v) is 12.1. The Labute approximate surface area is 189 Å². The number of thioether (sulfide) groups is 1. The van der Waals surface area contributed by atoms with Gasteiger partial charge >= 0.3 is 0 Å². The molecule has 0 aliphatic carbocycles. The van der Waals surface area contributed by atoms with Gasteiger partial charge in [-0.1, -0.05) is 30.0 Å². The van der Waals surface area contributed by atoms with E-state index in [1.807, 2.05) is 28.3 Å². The number of aromatic nitrogens is 3. The number of nitrogens with one attached hydrogen (secondary N) is 1. The fourth-order valence-corrected chi connectivity index (χ4v) is 6.60. The number of pyridine rings is 1. The van der Waals surface area contributed by atoms with Crippen molar-refractivity contribution in [1.29, 1.82) is 0 Å². The minimum absolute atomic E-state index is 0.0000466. The Hall–Kier alpha value is -2.58. The van der Waals surface area contributed by atoms with Crippen LogP contribution in [0.2, 0.25) is 0 Å². The van der Waals surface area contributed by atoms with Crippen molar-refractivity contribution in [3.05, 3.63) is 61.7 Å². The zero-order valence-corrected chi connectivity index (χ0v) is 19.3. The normalized spacial score (nSPS) is 23.9. The van der Waals surface area contributed by atoms with Crippen LogP contribution >= 0.6 is 11.8 Å². The summed E-state index contributed by atoms with van der Waals surface area (Å²) in [5.41, 5.74) is 3.08. The number of ether oxygens (including phenoxy) is 1. The van der Waals surface area contributed by atoms with Crippen molar-refractivity contribution in [1.82, 2.24) is 14.3 Å². The lowest BCUT2D eigenvalue weighted by Crippen LogP contribution is -2.35. The first kappa shape index (κ1) is 20.1. The van der Waals surface area contributed by atoms with Crippen molar-refractivity contribution >= 4 is 33.5 Å². The topological polar surface area (TPSA) is 81.4 Å².